The zero-order valence-corrected chi connectivity index (χ0v) is 40.8. The number of pyridine rings is 4. The van der Waals surface area contributed by atoms with Crippen LogP contribution >= 0.6 is 0 Å². The minimum atomic E-state index is -4.49. The summed E-state index contributed by atoms with van der Waals surface area (Å²) in [5.41, 5.74) is -3.45. The van der Waals surface area contributed by atoms with E-state index in [0.29, 0.717) is 8.96 Å². The van der Waals surface area contributed by atoms with Gasteiger partial charge in [-0.05, 0) is 84.6 Å². The van der Waals surface area contributed by atoms with Gasteiger partial charge >= 0.3 is 26.4 Å². The first-order valence-electron chi connectivity index (χ1n) is 22.6. The number of allylic oxidation sites excluding steroid dienone is 4. The fourth-order valence-corrected chi connectivity index (χ4v) is 8.33. The van der Waals surface area contributed by atoms with Crippen molar-refractivity contribution in [3.8, 4) is 28.5 Å². The molecule has 0 atom stereocenters. The van der Waals surface area contributed by atoms with Crippen LogP contribution in [-0.2, 0) is 26.0 Å². The fourth-order valence-electron chi connectivity index (χ4n) is 8.33. The molecule has 0 aliphatic carbocycles. The van der Waals surface area contributed by atoms with Gasteiger partial charge in [-0.2, -0.15) is 6.20 Å². The first kappa shape index (κ1) is 52.7. The van der Waals surface area contributed by atoms with Crippen molar-refractivity contribution in [3.05, 3.63) is 251 Å². The van der Waals surface area contributed by atoms with E-state index in [4.69, 9.17) is 0 Å². The van der Waals surface area contributed by atoms with Gasteiger partial charge in [0.25, 0.3) is 0 Å². The van der Waals surface area contributed by atoms with Crippen LogP contribution in [0.5, 0.6) is 0 Å². The molecule has 3 aliphatic rings. The first-order chi connectivity index (χ1) is 36.8. The molecule has 12 rings (SSSR count). The van der Waals surface area contributed by atoms with Crippen LogP contribution in [0.4, 0.5) is 49.4 Å². The molecule has 1 radical (unpaired) electrons. The van der Waals surface area contributed by atoms with Crippen LogP contribution in [0.1, 0.15) is 28.2 Å². The van der Waals surface area contributed by atoms with E-state index in [-0.39, 0.29) is 46.8 Å². The number of rotatable bonds is 9. The van der Waals surface area contributed by atoms with E-state index in [0.717, 1.165) is 53.5 Å². The Balaban J connectivity index is 0.000000235. The van der Waals surface area contributed by atoms with Gasteiger partial charge in [-0.15, -0.1) is 10.8 Å². The van der Waals surface area contributed by atoms with Gasteiger partial charge in [0.15, 0.2) is 52.2 Å². The Bertz CT molecular complexity index is 3610. The summed E-state index contributed by atoms with van der Waals surface area (Å²) >= 11 is 0. The molecule has 1 N–H and O–H groups in total. The third-order valence-electron chi connectivity index (χ3n) is 11.8. The number of halogens is 10. The van der Waals surface area contributed by atoms with E-state index in [2.05, 4.69) is 45.5 Å². The molecule has 385 valence electrons. The largest absolute Gasteiger partial charge is 1.00 e. The van der Waals surface area contributed by atoms with Gasteiger partial charge < -0.3 is 27.9 Å². The molecule has 9 aromatic rings. The molecule has 2 aromatic carbocycles. The molecule has 3 aliphatic heterocycles. The SMILES string of the molecule is Fc1c(F)c(/C(=C2\C=CC=N2)c2ccc[n-]2)c(F)c(F)c1NCc1cn(-c2c(F)c(F)c(C3=C4C=CC=[N+]4[B-](F)(F)n4cccc43)c(F)c2F)nn1.[Ru+].c1ccc(-c2ccccn2)nc1.c1ccc(-c2ccccn2)nc1. The Kier molecular flexibility index (Phi) is 15.3. The Labute approximate surface area is 442 Å². The van der Waals surface area contributed by atoms with Crippen LogP contribution in [0.25, 0.3) is 39.6 Å². The van der Waals surface area contributed by atoms with Crippen molar-refractivity contribution >= 4 is 36.2 Å². The molecule has 0 fully saturated rings. The normalized spacial score (nSPS) is 14.2. The van der Waals surface area contributed by atoms with E-state index in [1.54, 1.807) is 24.8 Å². The van der Waals surface area contributed by atoms with Gasteiger partial charge in [0.05, 0.1) is 57.9 Å². The average molecular weight is 1140 g/mol. The van der Waals surface area contributed by atoms with Crippen LogP contribution in [0.15, 0.2) is 181 Å². The molecule has 0 spiro atoms. The molecule has 77 heavy (non-hydrogen) atoms. The van der Waals surface area contributed by atoms with Crippen LogP contribution in [-0.4, -0.2) is 63.3 Å². The van der Waals surface area contributed by atoms with E-state index in [9.17, 15) is 0 Å². The Morgan fingerprint density at radius 2 is 1.19 bits per heavy atom. The molecule has 0 saturated heterocycles. The van der Waals surface area contributed by atoms with E-state index >= 15 is 43.8 Å². The molecule has 0 amide bonds. The monoisotopic (exact) mass is 1140 g/mol. The number of nitrogens with one attached hydrogen (secondary N) is 1. The van der Waals surface area contributed by atoms with Crippen LogP contribution in [0.3, 0.4) is 0 Å². The molecule has 10 heterocycles. The fraction of sp³-hybridized carbons (Fsp3) is 0.0189. The molecule has 7 aromatic heterocycles. The number of aromatic nitrogens is 9. The van der Waals surface area contributed by atoms with Crippen molar-refractivity contribution < 1.29 is 67.7 Å². The zero-order valence-electron chi connectivity index (χ0n) is 39.1. The molecular formula is C53H32BF10N12Ru. The van der Waals surface area contributed by atoms with Gasteiger partial charge in [-0.3, -0.25) is 24.9 Å². The maximum absolute atomic E-state index is 15.7. The number of anilines is 1. The summed E-state index contributed by atoms with van der Waals surface area (Å²) < 4.78 is 156. The van der Waals surface area contributed by atoms with Crippen LogP contribution in [0, 0.1) is 46.5 Å². The number of nitrogens with zero attached hydrogens (tertiary/aromatic N) is 11. The van der Waals surface area contributed by atoms with E-state index in [1.807, 2.05) is 72.8 Å². The number of benzene rings is 2. The Morgan fingerprint density at radius 1 is 0.623 bits per heavy atom. The molecular weight excluding hydrogens is 1110 g/mol. The Hall–Kier alpha value is -9.17. The van der Waals surface area contributed by atoms with Crippen molar-refractivity contribution in [2.45, 2.75) is 6.54 Å². The minimum Gasteiger partial charge on any atom is -0.664 e. The smallest absolute Gasteiger partial charge is 0.664 e. The van der Waals surface area contributed by atoms with Gasteiger partial charge in [0.2, 0.25) is 0 Å². The Morgan fingerprint density at radius 3 is 1.69 bits per heavy atom. The zero-order chi connectivity index (χ0) is 53.1. The van der Waals surface area contributed by atoms with Gasteiger partial charge in [0, 0.05) is 48.8 Å². The average Bonchev–Trinajstić information content (AvgIpc) is 4.34. The second-order valence-corrected chi connectivity index (χ2v) is 16.3. The molecule has 0 unspecified atom stereocenters. The second-order valence-electron chi connectivity index (χ2n) is 16.3. The third-order valence-corrected chi connectivity index (χ3v) is 11.8. The number of hydrogen-bond donors (Lipinski definition) is 1. The van der Waals surface area contributed by atoms with Crippen molar-refractivity contribution in [2.24, 2.45) is 4.99 Å². The maximum atomic E-state index is 15.7. The summed E-state index contributed by atoms with van der Waals surface area (Å²) in [6, 6.07) is 28.3. The predicted molar refractivity (Wildman–Crippen MR) is 262 cm³/mol. The topological polar surface area (TPSA) is 129 Å². The first-order valence-corrected chi connectivity index (χ1v) is 22.6. The summed E-state index contributed by atoms with van der Waals surface area (Å²) in [5.74, 6) is -15.1. The standard InChI is InChI=1S/C33H16BF10N8.2C10H8N2.Ru/c35-24-22(20(16-5-1-9-45-16)17-6-2-10-46-17)25(36)29(40)32(28(24)39)47-13-15-14-52(49-48-15)33-30(41)26(37)23(27(38)31(33)42)21-18-7-3-11-50(18)34(43,44)51-12-4-8-19(21)51;2*1-3-7-11-9(5-1)10-6-2-4-8-12-10;/h1-12,14,47H,13H2;2*1-8H;/q-1;;;+1/b20-16+;;;. The molecule has 0 saturated carbocycles. The third kappa shape index (κ3) is 10.1. The number of fused-ring (bicyclic) bond motifs is 2. The van der Waals surface area contributed by atoms with Gasteiger partial charge in [-0.25, -0.2) is 39.8 Å². The van der Waals surface area contributed by atoms with Gasteiger partial charge in [0.1, 0.15) is 23.3 Å². The second kappa shape index (κ2) is 22.4. The van der Waals surface area contributed by atoms with Crippen LogP contribution in [0.2, 0.25) is 0 Å². The summed E-state index contributed by atoms with van der Waals surface area (Å²) in [6.45, 7) is -5.25. The minimum absolute atomic E-state index is 0. The summed E-state index contributed by atoms with van der Waals surface area (Å²) in [7, 11) is 0. The van der Waals surface area contributed by atoms with Gasteiger partial charge in [-0.1, -0.05) is 41.6 Å². The molecule has 12 nitrogen and oxygen atoms in total. The van der Waals surface area contributed by atoms with E-state index in [1.165, 1.54) is 48.8 Å². The number of aliphatic imine (C=N–C) groups is 1. The van der Waals surface area contributed by atoms with Crippen molar-refractivity contribution in [1.29, 1.82) is 0 Å². The summed E-state index contributed by atoms with van der Waals surface area (Å²) in [4.78, 5) is 24.7. The molecule has 24 heteroatoms. The molecule has 0 bridgehead atoms. The van der Waals surface area contributed by atoms with Crippen LogP contribution < -0.4 is 10.3 Å². The maximum Gasteiger partial charge on any atom is 1.00 e. The quantitative estimate of drug-likeness (QED) is 0.0860. The van der Waals surface area contributed by atoms with Crippen molar-refractivity contribution in [3.63, 3.8) is 0 Å². The summed E-state index contributed by atoms with van der Waals surface area (Å²) in [5, 5.41) is 9.12. The predicted octanol–water partition coefficient (Wildman–Crippen LogP) is 11.1. The summed E-state index contributed by atoms with van der Waals surface area (Å²) in [6.07, 6.45) is 17.4. The van der Waals surface area contributed by atoms with Crippen molar-refractivity contribution in [2.75, 3.05) is 5.32 Å². The number of hydrogen-bond acceptors (Lipinski definition) is 8. The van der Waals surface area contributed by atoms with E-state index < -0.39 is 99.5 Å². The van der Waals surface area contributed by atoms with Crippen molar-refractivity contribution in [1.82, 2.24) is 44.4 Å².